The van der Waals surface area contributed by atoms with Gasteiger partial charge in [0.1, 0.15) is 0 Å². The number of hydrogen-bond acceptors (Lipinski definition) is 3. The number of nitrogens with zero attached hydrogens (tertiary/aromatic N) is 2. The van der Waals surface area contributed by atoms with E-state index in [1.54, 1.807) is 7.11 Å². The number of ether oxygens (including phenoxy) is 1. The number of anilines is 2. The lowest BCUT2D eigenvalue weighted by Crippen LogP contribution is -2.01. The SMILES string of the molecule is COCc1cccc(Nc2nccn2C2CC2)c1. The molecule has 3 rings (SSSR count). The summed E-state index contributed by atoms with van der Waals surface area (Å²) in [4.78, 5) is 4.37. The molecule has 1 aromatic heterocycles. The quantitative estimate of drug-likeness (QED) is 0.877. The highest BCUT2D eigenvalue weighted by molar-refractivity contribution is 5.55. The van der Waals surface area contributed by atoms with Gasteiger partial charge >= 0.3 is 0 Å². The summed E-state index contributed by atoms with van der Waals surface area (Å²) in [6, 6.07) is 8.86. The number of imidazole rings is 1. The predicted molar refractivity (Wildman–Crippen MR) is 70.9 cm³/mol. The Morgan fingerprint density at radius 2 is 2.33 bits per heavy atom. The van der Waals surface area contributed by atoms with E-state index < -0.39 is 0 Å². The predicted octanol–water partition coefficient (Wildman–Crippen LogP) is 3.11. The van der Waals surface area contributed by atoms with Crippen LogP contribution in [0.3, 0.4) is 0 Å². The molecule has 0 amide bonds. The van der Waals surface area contributed by atoms with Crippen molar-refractivity contribution in [1.82, 2.24) is 9.55 Å². The van der Waals surface area contributed by atoms with Crippen molar-refractivity contribution in [2.75, 3.05) is 12.4 Å². The summed E-state index contributed by atoms with van der Waals surface area (Å²) < 4.78 is 7.35. The maximum absolute atomic E-state index is 5.14. The Morgan fingerprint density at radius 1 is 1.44 bits per heavy atom. The van der Waals surface area contributed by atoms with Gasteiger partial charge in [-0.2, -0.15) is 0 Å². The third kappa shape index (κ3) is 2.38. The van der Waals surface area contributed by atoms with Crippen molar-refractivity contribution >= 4 is 11.6 Å². The number of aromatic nitrogens is 2. The van der Waals surface area contributed by atoms with Crippen LogP contribution in [-0.4, -0.2) is 16.7 Å². The first kappa shape index (κ1) is 11.3. The number of hydrogen-bond donors (Lipinski definition) is 1. The lowest BCUT2D eigenvalue weighted by Gasteiger charge is -2.09. The van der Waals surface area contributed by atoms with Gasteiger partial charge in [-0.1, -0.05) is 12.1 Å². The van der Waals surface area contributed by atoms with Crippen molar-refractivity contribution < 1.29 is 4.74 Å². The van der Waals surface area contributed by atoms with Gasteiger partial charge in [-0.3, -0.25) is 0 Å². The number of benzene rings is 1. The first-order valence-corrected chi connectivity index (χ1v) is 6.24. The monoisotopic (exact) mass is 243 g/mol. The van der Waals surface area contributed by atoms with Crippen LogP contribution in [-0.2, 0) is 11.3 Å². The van der Waals surface area contributed by atoms with Gasteiger partial charge in [-0.05, 0) is 30.5 Å². The molecule has 1 aliphatic carbocycles. The van der Waals surface area contributed by atoms with Crippen LogP contribution in [0.4, 0.5) is 11.6 Å². The van der Waals surface area contributed by atoms with E-state index in [1.165, 1.54) is 12.8 Å². The molecule has 1 saturated carbocycles. The molecule has 0 spiro atoms. The van der Waals surface area contributed by atoms with Crippen LogP contribution in [0, 0.1) is 0 Å². The highest BCUT2D eigenvalue weighted by atomic mass is 16.5. The fourth-order valence-corrected chi connectivity index (χ4v) is 2.09. The third-order valence-electron chi connectivity index (χ3n) is 3.10. The first-order valence-electron chi connectivity index (χ1n) is 6.24. The summed E-state index contributed by atoms with van der Waals surface area (Å²) in [5.74, 6) is 0.923. The van der Waals surface area contributed by atoms with Crippen LogP contribution < -0.4 is 5.32 Å². The van der Waals surface area contributed by atoms with Gasteiger partial charge in [0.2, 0.25) is 5.95 Å². The lowest BCUT2D eigenvalue weighted by atomic mass is 10.2. The molecule has 1 aromatic carbocycles. The Kier molecular flexibility index (Phi) is 3.02. The molecule has 1 fully saturated rings. The number of rotatable bonds is 5. The topological polar surface area (TPSA) is 39.1 Å². The Balaban J connectivity index is 1.78. The highest BCUT2D eigenvalue weighted by Gasteiger charge is 2.25. The fraction of sp³-hybridized carbons (Fsp3) is 0.357. The van der Waals surface area contributed by atoms with Crippen molar-refractivity contribution in [2.24, 2.45) is 0 Å². The Bertz CT molecular complexity index is 531. The lowest BCUT2D eigenvalue weighted by molar-refractivity contribution is 0.185. The van der Waals surface area contributed by atoms with Gasteiger partial charge in [0.05, 0.1) is 6.61 Å². The zero-order valence-electron chi connectivity index (χ0n) is 10.5. The van der Waals surface area contributed by atoms with Gasteiger partial charge < -0.3 is 14.6 Å². The minimum absolute atomic E-state index is 0.632. The van der Waals surface area contributed by atoms with Crippen molar-refractivity contribution in [1.29, 1.82) is 0 Å². The van der Waals surface area contributed by atoms with Crippen LogP contribution in [0.15, 0.2) is 36.7 Å². The minimum atomic E-state index is 0.632. The van der Waals surface area contributed by atoms with E-state index in [1.807, 2.05) is 24.5 Å². The highest BCUT2D eigenvalue weighted by Crippen LogP contribution is 2.37. The van der Waals surface area contributed by atoms with E-state index in [2.05, 4.69) is 27.0 Å². The van der Waals surface area contributed by atoms with Gasteiger partial charge in [0.15, 0.2) is 0 Å². The molecular weight excluding hydrogens is 226 g/mol. The van der Waals surface area contributed by atoms with Crippen LogP contribution in [0.5, 0.6) is 0 Å². The summed E-state index contributed by atoms with van der Waals surface area (Å²) in [5, 5.41) is 3.37. The molecule has 4 heteroatoms. The zero-order valence-corrected chi connectivity index (χ0v) is 10.5. The van der Waals surface area contributed by atoms with E-state index in [4.69, 9.17) is 4.74 Å². The molecule has 0 radical (unpaired) electrons. The summed E-state index contributed by atoms with van der Waals surface area (Å²) >= 11 is 0. The molecule has 0 bridgehead atoms. The molecule has 94 valence electrons. The van der Waals surface area contributed by atoms with Crippen molar-refractivity contribution in [2.45, 2.75) is 25.5 Å². The normalized spacial score (nSPS) is 14.7. The number of nitrogens with one attached hydrogen (secondary N) is 1. The van der Waals surface area contributed by atoms with E-state index in [0.717, 1.165) is 17.2 Å². The Hall–Kier alpha value is -1.81. The van der Waals surface area contributed by atoms with Crippen molar-refractivity contribution in [3.63, 3.8) is 0 Å². The number of methoxy groups -OCH3 is 1. The standard InChI is InChI=1S/C14H17N3O/c1-18-10-11-3-2-4-12(9-11)16-14-15-7-8-17(14)13-5-6-13/h2-4,7-9,13H,5-6,10H2,1H3,(H,15,16). The van der Waals surface area contributed by atoms with Gasteiger partial charge in [-0.25, -0.2) is 4.98 Å². The van der Waals surface area contributed by atoms with Crippen molar-refractivity contribution in [3.8, 4) is 0 Å². The maximum atomic E-state index is 5.14. The minimum Gasteiger partial charge on any atom is -0.380 e. The Labute approximate surface area is 107 Å². The largest absolute Gasteiger partial charge is 0.380 e. The zero-order chi connectivity index (χ0) is 12.4. The van der Waals surface area contributed by atoms with Crippen LogP contribution in [0.2, 0.25) is 0 Å². The first-order chi connectivity index (χ1) is 8.86. The van der Waals surface area contributed by atoms with E-state index in [-0.39, 0.29) is 0 Å². The van der Waals surface area contributed by atoms with Crippen molar-refractivity contribution in [3.05, 3.63) is 42.2 Å². The summed E-state index contributed by atoms with van der Waals surface area (Å²) in [5.41, 5.74) is 2.21. The molecular formula is C14H17N3O. The molecule has 1 N–H and O–H groups in total. The summed E-state index contributed by atoms with van der Waals surface area (Å²) in [7, 11) is 1.71. The van der Waals surface area contributed by atoms with Crippen LogP contribution in [0.1, 0.15) is 24.4 Å². The van der Waals surface area contributed by atoms with Gasteiger partial charge in [-0.15, -0.1) is 0 Å². The second kappa shape index (κ2) is 4.82. The molecule has 1 heterocycles. The molecule has 0 unspecified atom stereocenters. The maximum Gasteiger partial charge on any atom is 0.207 e. The van der Waals surface area contributed by atoms with E-state index >= 15 is 0 Å². The second-order valence-electron chi connectivity index (χ2n) is 4.65. The molecule has 4 nitrogen and oxygen atoms in total. The van der Waals surface area contributed by atoms with Crippen LogP contribution in [0.25, 0.3) is 0 Å². The van der Waals surface area contributed by atoms with Gasteiger partial charge in [0, 0.05) is 31.2 Å². The Morgan fingerprint density at radius 3 is 3.11 bits per heavy atom. The van der Waals surface area contributed by atoms with E-state index in [0.29, 0.717) is 12.6 Å². The molecule has 0 aliphatic heterocycles. The van der Waals surface area contributed by atoms with E-state index in [9.17, 15) is 0 Å². The summed E-state index contributed by atoms with van der Waals surface area (Å²) in [6.45, 7) is 0.632. The third-order valence-corrected chi connectivity index (χ3v) is 3.10. The fourth-order valence-electron chi connectivity index (χ4n) is 2.09. The average molecular weight is 243 g/mol. The molecule has 0 atom stereocenters. The molecule has 0 saturated heterocycles. The average Bonchev–Trinajstić information content (AvgIpc) is 3.12. The molecule has 1 aliphatic rings. The summed E-state index contributed by atoms with van der Waals surface area (Å²) in [6.07, 6.45) is 6.40. The second-order valence-corrected chi connectivity index (χ2v) is 4.65. The molecule has 2 aromatic rings. The smallest absolute Gasteiger partial charge is 0.207 e. The van der Waals surface area contributed by atoms with Crippen LogP contribution >= 0.6 is 0 Å². The molecule has 18 heavy (non-hydrogen) atoms. The van der Waals surface area contributed by atoms with Gasteiger partial charge in [0.25, 0.3) is 0 Å².